The van der Waals surface area contributed by atoms with Crippen LogP contribution in [0.3, 0.4) is 0 Å². The average molecular weight is 333 g/mol. The average Bonchev–Trinajstić information content (AvgIpc) is 2.39. The van der Waals surface area contributed by atoms with Crippen molar-refractivity contribution >= 4 is 21.9 Å². The highest BCUT2D eigenvalue weighted by Gasteiger charge is 2.07. The van der Waals surface area contributed by atoms with Gasteiger partial charge in [-0.1, -0.05) is 0 Å². The predicted molar refractivity (Wildman–Crippen MR) is 73.9 cm³/mol. The molecule has 0 unspecified atom stereocenters. The van der Waals surface area contributed by atoms with Gasteiger partial charge in [0, 0.05) is 20.1 Å². The molecule has 0 aliphatic heterocycles. The topological polar surface area (TPSA) is 65.0 Å². The van der Waals surface area contributed by atoms with Gasteiger partial charge in [-0.2, -0.15) is 0 Å². The monoisotopic (exact) mass is 332 g/mol. The minimum absolute atomic E-state index is 0.224. The van der Waals surface area contributed by atoms with Crippen LogP contribution in [0, 0.1) is 0 Å². The van der Waals surface area contributed by atoms with Crippen molar-refractivity contribution in [2.45, 2.75) is 6.42 Å². The number of aromatic carboxylic acids is 1. The fourth-order valence-electron chi connectivity index (χ4n) is 1.34. The molecule has 1 N–H and O–H groups in total. The molecule has 0 amide bonds. The molecule has 1 aromatic rings. The Morgan fingerprint density at radius 3 is 2.68 bits per heavy atom. The van der Waals surface area contributed by atoms with Gasteiger partial charge in [-0.25, -0.2) is 4.79 Å². The summed E-state index contributed by atoms with van der Waals surface area (Å²) in [5.74, 6) is -0.333. The van der Waals surface area contributed by atoms with Crippen LogP contribution in [0.25, 0.3) is 0 Å². The van der Waals surface area contributed by atoms with Gasteiger partial charge in [-0.05, 0) is 34.1 Å². The quantitative estimate of drug-likeness (QED) is 0.704. The number of carboxylic acids is 1. The molecule has 0 saturated heterocycles. The molecule has 1 aromatic carbocycles. The maximum absolute atomic E-state index is 10.8. The summed E-state index contributed by atoms with van der Waals surface area (Å²) in [6.07, 6.45) is 0.761. The maximum atomic E-state index is 10.8. The minimum Gasteiger partial charge on any atom is -0.492 e. The molecule has 19 heavy (non-hydrogen) atoms. The van der Waals surface area contributed by atoms with Crippen LogP contribution in [0.5, 0.6) is 5.75 Å². The fraction of sp³-hybridized carbons (Fsp3) is 0.462. The molecule has 5 nitrogen and oxygen atoms in total. The van der Waals surface area contributed by atoms with E-state index < -0.39 is 5.97 Å². The predicted octanol–water partition coefficient (Wildman–Crippen LogP) is 2.58. The summed E-state index contributed by atoms with van der Waals surface area (Å²) in [6.45, 7) is 2.28. The van der Waals surface area contributed by atoms with Gasteiger partial charge in [0.05, 0.1) is 29.9 Å². The van der Waals surface area contributed by atoms with Gasteiger partial charge in [0.15, 0.2) is 0 Å². The summed E-state index contributed by atoms with van der Waals surface area (Å²) in [7, 11) is 1.63. The van der Waals surface area contributed by atoms with Crippen LogP contribution < -0.4 is 4.74 Å². The van der Waals surface area contributed by atoms with Crippen molar-refractivity contribution in [3.05, 3.63) is 28.2 Å². The first-order valence-corrected chi connectivity index (χ1v) is 6.66. The van der Waals surface area contributed by atoms with E-state index in [1.54, 1.807) is 13.2 Å². The van der Waals surface area contributed by atoms with E-state index in [0.717, 1.165) is 6.42 Å². The van der Waals surface area contributed by atoms with Crippen molar-refractivity contribution in [3.63, 3.8) is 0 Å². The Morgan fingerprint density at radius 1 is 1.26 bits per heavy atom. The molecule has 0 radical (unpaired) electrons. The first kappa shape index (κ1) is 15.9. The zero-order valence-electron chi connectivity index (χ0n) is 10.7. The molecule has 6 heteroatoms. The van der Waals surface area contributed by atoms with Crippen LogP contribution in [0.15, 0.2) is 22.7 Å². The standard InChI is InChI=1S/C13H17BrO5/c1-17-7-8-18-5-2-6-19-12-4-3-10(13(15)16)9-11(12)14/h3-4,9H,2,5-8H2,1H3,(H,15,16). The number of hydrogen-bond donors (Lipinski definition) is 1. The largest absolute Gasteiger partial charge is 0.492 e. The van der Waals surface area contributed by atoms with Crippen LogP contribution in [0.1, 0.15) is 16.8 Å². The van der Waals surface area contributed by atoms with Crippen LogP contribution >= 0.6 is 15.9 Å². The number of halogens is 1. The molecule has 0 heterocycles. The van der Waals surface area contributed by atoms with Crippen molar-refractivity contribution in [2.24, 2.45) is 0 Å². The molecule has 0 bridgehead atoms. The van der Waals surface area contributed by atoms with E-state index in [1.807, 2.05) is 0 Å². The van der Waals surface area contributed by atoms with Crippen LogP contribution in [0.2, 0.25) is 0 Å². The summed E-state index contributed by atoms with van der Waals surface area (Å²) < 4.78 is 16.3. The number of rotatable bonds is 9. The summed E-state index contributed by atoms with van der Waals surface area (Å²) in [5, 5.41) is 8.83. The normalized spacial score (nSPS) is 10.4. The lowest BCUT2D eigenvalue weighted by Gasteiger charge is -2.09. The van der Waals surface area contributed by atoms with E-state index in [4.69, 9.17) is 19.3 Å². The molecule has 1 rings (SSSR count). The van der Waals surface area contributed by atoms with Crippen LogP contribution in [-0.4, -0.2) is 44.6 Å². The first-order valence-electron chi connectivity index (χ1n) is 5.87. The first-order chi connectivity index (χ1) is 9.15. The molecule has 0 saturated carbocycles. The van der Waals surface area contributed by atoms with Crippen molar-refractivity contribution in [3.8, 4) is 5.75 Å². The van der Waals surface area contributed by atoms with E-state index in [2.05, 4.69) is 15.9 Å². The summed E-state index contributed by atoms with van der Waals surface area (Å²) in [6, 6.07) is 4.67. The second-order valence-electron chi connectivity index (χ2n) is 3.76. The van der Waals surface area contributed by atoms with Gasteiger partial charge >= 0.3 is 5.97 Å². The molecule has 0 aliphatic rings. The number of hydrogen-bond acceptors (Lipinski definition) is 4. The van der Waals surface area contributed by atoms with Gasteiger partial charge in [0.25, 0.3) is 0 Å². The molecular formula is C13H17BrO5. The van der Waals surface area contributed by atoms with Gasteiger partial charge in [0.1, 0.15) is 5.75 Å². The molecule has 0 aliphatic carbocycles. The maximum Gasteiger partial charge on any atom is 0.335 e. The Balaban J connectivity index is 2.28. The smallest absolute Gasteiger partial charge is 0.335 e. The van der Waals surface area contributed by atoms with E-state index in [-0.39, 0.29) is 5.56 Å². The lowest BCUT2D eigenvalue weighted by atomic mass is 10.2. The second kappa shape index (κ2) is 8.90. The fourth-order valence-corrected chi connectivity index (χ4v) is 1.83. The summed E-state index contributed by atoms with van der Waals surface area (Å²) in [5.41, 5.74) is 0.224. The van der Waals surface area contributed by atoms with Crippen LogP contribution in [-0.2, 0) is 9.47 Å². The van der Waals surface area contributed by atoms with Crippen molar-refractivity contribution in [1.29, 1.82) is 0 Å². The molecule has 0 aromatic heterocycles. The van der Waals surface area contributed by atoms with Crippen molar-refractivity contribution in [1.82, 2.24) is 0 Å². The number of benzene rings is 1. The minimum atomic E-state index is -0.959. The number of carbonyl (C=O) groups is 1. The Morgan fingerprint density at radius 2 is 2.05 bits per heavy atom. The third-order valence-electron chi connectivity index (χ3n) is 2.30. The SMILES string of the molecule is COCCOCCCOc1ccc(C(=O)O)cc1Br. The number of ether oxygens (including phenoxy) is 3. The number of methoxy groups -OCH3 is 1. The third-order valence-corrected chi connectivity index (χ3v) is 2.92. The van der Waals surface area contributed by atoms with Gasteiger partial charge < -0.3 is 19.3 Å². The Hall–Kier alpha value is -1.11. The molecular weight excluding hydrogens is 316 g/mol. The van der Waals surface area contributed by atoms with Gasteiger partial charge in [-0.15, -0.1) is 0 Å². The lowest BCUT2D eigenvalue weighted by molar-refractivity contribution is 0.0644. The lowest BCUT2D eigenvalue weighted by Crippen LogP contribution is -2.07. The molecule has 0 fully saturated rings. The summed E-state index contributed by atoms with van der Waals surface area (Å²) in [4.78, 5) is 10.8. The highest BCUT2D eigenvalue weighted by molar-refractivity contribution is 9.10. The van der Waals surface area contributed by atoms with Crippen molar-refractivity contribution < 1.29 is 24.1 Å². The Labute approximate surface area is 120 Å². The van der Waals surface area contributed by atoms with E-state index in [1.165, 1.54) is 12.1 Å². The van der Waals surface area contributed by atoms with Crippen molar-refractivity contribution in [2.75, 3.05) is 33.5 Å². The second-order valence-corrected chi connectivity index (χ2v) is 4.61. The van der Waals surface area contributed by atoms with E-state index in [0.29, 0.717) is 36.6 Å². The summed E-state index contributed by atoms with van der Waals surface area (Å²) >= 11 is 3.28. The molecule has 0 spiro atoms. The zero-order valence-corrected chi connectivity index (χ0v) is 12.3. The third kappa shape index (κ3) is 6.04. The Kier molecular flexibility index (Phi) is 7.47. The molecule has 0 atom stereocenters. The molecule has 106 valence electrons. The van der Waals surface area contributed by atoms with Gasteiger partial charge in [0.2, 0.25) is 0 Å². The highest BCUT2D eigenvalue weighted by atomic mass is 79.9. The highest BCUT2D eigenvalue weighted by Crippen LogP contribution is 2.26. The van der Waals surface area contributed by atoms with E-state index in [9.17, 15) is 4.79 Å². The Bertz CT molecular complexity index is 408. The van der Waals surface area contributed by atoms with Crippen LogP contribution in [0.4, 0.5) is 0 Å². The number of carboxylic acid groups (broad SMARTS) is 1. The zero-order chi connectivity index (χ0) is 14.1. The van der Waals surface area contributed by atoms with E-state index >= 15 is 0 Å². The van der Waals surface area contributed by atoms with Gasteiger partial charge in [-0.3, -0.25) is 0 Å².